The van der Waals surface area contributed by atoms with E-state index < -0.39 is 11.9 Å². The molecule has 0 bridgehead atoms. The molecular formula is C16H18N2O5. The van der Waals surface area contributed by atoms with Crippen molar-refractivity contribution in [3.05, 3.63) is 29.0 Å². The molecule has 1 heterocycles. The number of benzene rings is 1. The minimum atomic E-state index is -1.16. The van der Waals surface area contributed by atoms with Gasteiger partial charge < -0.3 is 20.5 Å². The summed E-state index contributed by atoms with van der Waals surface area (Å²) in [6.45, 7) is 3.32. The van der Waals surface area contributed by atoms with Gasteiger partial charge in [-0.15, -0.1) is 0 Å². The van der Waals surface area contributed by atoms with Crippen LogP contribution in [0.4, 0.5) is 5.69 Å². The number of carbonyl (C=O) groups is 3. The lowest BCUT2D eigenvalue weighted by molar-refractivity contribution is -0.137. The van der Waals surface area contributed by atoms with Gasteiger partial charge in [-0.25, -0.2) is 4.79 Å². The van der Waals surface area contributed by atoms with Crippen LogP contribution >= 0.6 is 0 Å². The molecule has 2 rings (SSSR count). The summed E-state index contributed by atoms with van der Waals surface area (Å²) >= 11 is 0. The van der Waals surface area contributed by atoms with Crippen LogP contribution in [0, 0.1) is 0 Å². The first kappa shape index (κ1) is 16.5. The molecule has 0 saturated carbocycles. The fourth-order valence-electron chi connectivity index (χ4n) is 2.58. The van der Waals surface area contributed by atoms with Crippen molar-refractivity contribution in [1.82, 2.24) is 4.98 Å². The maximum atomic E-state index is 11.5. The standard InChI is InChI=1S/C16H18N2O5/c1-3-9-6-11-10(4-5-13(20)21)15(16(22)23)18-14(11)12(7-9)17-8(2)19/h6-7,18H,3-5H2,1-2H3,(H,17,19)(H,20,21)(H,22,23). The number of hydrogen-bond acceptors (Lipinski definition) is 3. The third-order valence-corrected chi connectivity index (χ3v) is 3.60. The molecule has 4 N–H and O–H groups in total. The van der Waals surface area contributed by atoms with E-state index in [1.165, 1.54) is 6.92 Å². The number of aromatic carboxylic acids is 1. The van der Waals surface area contributed by atoms with E-state index in [9.17, 15) is 19.5 Å². The second-order valence-corrected chi connectivity index (χ2v) is 5.28. The molecule has 0 spiro atoms. The highest BCUT2D eigenvalue weighted by Gasteiger charge is 2.20. The molecule has 0 unspecified atom stereocenters. The van der Waals surface area contributed by atoms with E-state index in [0.29, 0.717) is 28.6 Å². The summed E-state index contributed by atoms with van der Waals surface area (Å²) in [6, 6.07) is 3.62. The highest BCUT2D eigenvalue weighted by atomic mass is 16.4. The minimum absolute atomic E-state index is 0.0406. The van der Waals surface area contributed by atoms with Crippen LogP contribution in [0.3, 0.4) is 0 Å². The summed E-state index contributed by atoms with van der Waals surface area (Å²) in [7, 11) is 0. The van der Waals surface area contributed by atoms with Crippen LogP contribution < -0.4 is 5.32 Å². The Labute approximate surface area is 132 Å². The number of fused-ring (bicyclic) bond motifs is 1. The number of rotatable bonds is 6. The van der Waals surface area contributed by atoms with Crippen LogP contribution in [0.5, 0.6) is 0 Å². The Morgan fingerprint density at radius 3 is 2.43 bits per heavy atom. The fraction of sp³-hybridized carbons (Fsp3) is 0.312. The fourth-order valence-corrected chi connectivity index (χ4v) is 2.58. The van der Waals surface area contributed by atoms with Crippen molar-refractivity contribution >= 4 is 34.4 Å². The molecule has 0 aliphatic rings. The Kier molecular flexibility index (Phi) is 4.68. The van der Waals surface area contributed by atoms with Crippen LogP contribution in [-0.4, -0.2) is 33.0 Å². The summed E-state index contributed by atoms with van der Waals surface area (Å²) in [5.74, 6) is -2.42. The van der Waals surface area contributed by atoms with Crippen LogP contribution in [0.15, 0.2) is 12.1 Å². The molecule has 0 fully saturated rings. The normalized spacial score (nSPS) is 10.7. The molecular weight excluding hydrogens is 300 g/mol. The molecule has 1 aromatic heterocycles. The second-order valence-electron chi connectivity index (χ2n) is 5.28. The van der Waals surface area contributed by atoms with E-state index in [-0.39, 0.29) is 24.4 Å². The zero-order valence-electron chi connectivity index (χ0n) is 12.9. The Bertz CT molecular complexity index is 791. The molecule has 2 aromatic rings. The number of carbonyl (C=O) groups excluding carboxylic acids is 1. The summed E-state index contributed by atoms with van der Waals surface area (Å²) in [4.78, 5) is 36.5. The van der Waals surface area contributed by atoms with E-state index in [4.69, 9.17) is 5.11 Å². The molecule has 0 aliphatic heterocycles. The number of hydrogen-bond donors (Lipinski definition) is 4. The Hall–Kier alpha value is -2.83. The van der Waals surface area contributed by atoms with Crippen molar-refractivity contribution in [1.29, 1.82) is 0 Å². The largest absolute Gasteiger partial charge is 0.481 e. The van der Waals surface area contributed by atoms with Gasteiger partial charge in [0, 0.05) is 18.7 Å². The number of aryl methyl sites for hydroxylation is 2. The van der Waals surface area contributed by atoms with Gasteiger partial charge in [0.2, 0.25) is 5.91 Å². The minimum Gasteiger partial charge on any atom is -0.481 e. The number of anilines is 1. The first-order chi connectivity index (χ1) is 10.8. The average Bonchev–Trinajstić information content (AvgIpc) is 2.83. The Morgan fingerprint density at radius 2 is 1.91 bits per heavy atom. The van der Waals surface area contributed by atoms with Crippen LogP contribution in [-0.2, 0) is 22.4 Å². The van der Waals surface area contributed by atoms with Crippen molar-refractivity contribution in [3.8, 4) is 0 Å². The molecule has 0 saturated heterocycles. The Morgan fingerprint density at radius 1 is 1.22 bits per heavy atom. The zero-order chi connectivity index (χ0) is 17.1. The van der Waals surface area contributed by atoms with Crippen LogP contribution in [0.1, 0.15) is 41.9 Å². The van der Waals surface area contributed by atoms with Crippen molar-refractivity contribution in [2.45, 2.75) is 33.1 Å². The molecule has 0 radical (unpaired) electrons. The molecule has 1 amide bonds. The van der Waals surface area contributed by atoms with E-state index in [0.717, 1.165) is 5.56 Å². The van der Waals surface area contributed by atoms with E-state index >= 15 is 0 Å². The molecule has 122 valence electrons. The number of aromatic nitrogens is 1. The summed E-state index contributed by atoms with van der Waals surface area (Å²) in [6.07, 6.45) is 0.636. The van der Waals surface area contributed by atoms with Gasteiger partial charge in [-0.2, -0.15) is 0 Å². The molecule has 0 aliphatic carbocycles. The number of carboxylic acids is 2. The lowest BCUT2D eigenvalue weighted by atomic mass is 10.0. The van der Waals surface area contributed by atoms with Gasteiger partial charge >= 0.3 is 11.9 Å². The van der Waals surface area contributed by atoms with Crippen molar-refractivity contribution in [3.63, 3.8) is 0 Å². The van der Waals surface area contributed by atoms with E-state index in [2.05, 4.69) is 10.3 Å². The predicted molar refractivity (Wildman–Crippen MR) is 84.9 cm³/mol. The molecule has 0 atom stereocenters. The molecule has 7 nitrogen and oxygen atoms in total. The SMILES string of the molecule is CCc1cc(NC(C)=O)c2[nH]c(C(=O)O)c(CCC(=O)O)c2c1. The maximum absolute atomic E-state index is 11.5. The number of amides is 1. The van der Waals surface area contributed by atoms with Gasteiger partial charge in [-0.3, -0.25) is 9.59 Å². The lowest BCUT2D eigenvalue weighted by Gasteiger charge is -2.07. The van der Waals surface area contributed by atoms with Gasteiger partial charge in [0.25, 0.3) is 0 Å². The van der Waals surface area contributed by atoms with Gasteiger partial charge in [0.1, 0.15) is 5.69 Å². The monoisotopic (exact) mass is 318 g/mol. The number of nitrogens with one attached hydrogen (secondary N) is 2. The highest BCUT2D eigenvalue weighted by molar-refractivity contribution is 6.05. The average molecular weight is 318 g/mol. The first-order valence-corrected chi connectivity index (χ1v) is 7.23. The third-order valence-electron chi connectivity index (χ3n) is 3.60. The maximum Gasteiger partial charge on any atom is 0.352 e. The van der Waals surface area contributed by atoms with Gasteiger partial charge in [0.05, 0.1) is 11.2 Å². The molecule has 23 heavy (non-hydrogen) atoms. The van der Waals surface area contributed by atoms with Gasteiger partial charge in [0.15, 0.2) is 0 Å². The smallest absolute Gasteiger partial charge is 0.352 e. The first-order valence-electron chi connectivity index (χ1n) is 7.23. The molecule has 1 aromatic carbocycles. The predicted octanol–water partition coefficient (Wildman–Crippen LogP) is 2.40. The topological polar surface area (TPSA) is 119 Å². The number of carboxylic acid groups (broad SMARTS) is 2. The highest BCUT2D eigenvalue weighted by Crippen LogP contribution is 2.31. The third kappa shape index (κ3) is 3.50. The van der Waals surface area contributed by atoms with Gasteiger partial charge in [-0.05, 0) is 36.1 Å². The number of H-pyrrole nitrogens is 1. The number of aliphatic carboxylic acids is 1. The lowest BCUT2D eigenvalue weighted by Crippen LogP contribution is -2.06. The quantitative estimate of drug-likeness (QED) is 0.652. The van der Waals surface area contributed by atoms with Crippen molar-refractivity contribution in [2.24, 2.45) is 0 Å². The summed E-state index contributed by atoms with van der Waals surface area (Å²) in [5, 5.41) is 21.6. The summed E-state index contributed by atoms with van der Waals surface area (Å²) < 4.78 is 0. The number of aromatic amines is 1. The van der Waals surface area contributed by atoms with Gasteiger partial charge in [-0.1, -0.05) is 6.92 Å². The zero-order valence-corrected chi connectivity index (χ0v) is 12.9. The van der Waals surface area contributed by atoms with E-state index in [1.54, 1.807) is 6.07 Å². The van der Waals surface area contributed by atoms with Crippen LogP contribution in [0.2, 0.25) is 0 Å². The Balaban J connectivity index is 2.69. The summed E-state index contributed by atoms with van der Waals surface area (Å²) in [5.41, 5.74) is 2.32. The van der Waals surface area contributed by atoms with E-state index in [1.807, 2.05) is 13.0 Å². The van der Waals surface area contributed by atoms with Crippen molar-refractivity contribution < 1.29 is 24.6 Å². The molecule has 7 heteroatoms. The van der Waals surface area contributed by atoms with Crippen LogP contribution in [0.25, 0.3) is 10.9 Å². The van der Waals surface area contributed by atoms with Crippen molar-refractivity contribution in [2.75, 3.05) is 5.32 Å². The second kappa shape index (κ2) is 6.51.